The Labute approximate surface area is 228 Å². The zero-order valence-electron chi connectivity index (χ0n) is 25.3. The van der Waals surface area contributed by atoms with Crippen LogP contribution in [0.3, 0.4) is 0 Å². The van der Waals surface area contributed by atoms with Gasteiger partial charge in [-0.2, -0.15) is 0 Å². The number of rotatable bonds is 13. The van der Waals surface area contributed by atoms with Crippen LogP contribution in [-0.2, 0) is 14.8 Å². The topological polar surface area (TPSA) is 38.7 Å². The molecule has 0 bridgehead atoms. The van der Waals surface area contributed by atoms with Gasteiger partial charge >= 0.3 is 7.48 Å². The smallest absolute Gasteiger partial charge is 0.331 e. The number of methoxy groups -OCH3 is 1. The Morgan fingerprint density at radius 3 is 1.78 bits per heavy atom. The van der Waals surface area contributed by atoms with Gasteiger partial charge in [0.05, 0.1) is 16.8 Å². The molecule has 0 aliphatic heterocycles. The number of aliphatic hydroxyl groups is 1. The summed E-state index contributed by atoms with van der Waals surface area (Å²) in [6.45, 7) is 21.1. The van der Waals surface area contributed by atoms with Crippen molar-refractivity contribution in [2.75, 3.05) is 7.11 Å². The van der Waals surface area contributed by atoms with E-state index in [2.05, 4.69) is 84.0 Å². The summed E-state index contributed by atoms with van der Waals surface area (Å²) in [5.74, 6) is 0. The van der Waals surface area contributed by atoms with E-state index < -0.39 is 16.8 Å². The van der Waals surface area contributed by atoms with Gasteiger partial charge in [-0.3, -0.25) is 0 Å². The van der Waals surface area contributed by atoms with Gasteiger partial charge in [0.25, 0.3) is 0 Å². The molecule has 0 unspecified atom stereocenters. The first-order valence-electron chi connectivity index (χ1n) is 13.9. The van der Waals surface area contributed by atoms with Gasteiger partial charge in [0.1, 0.15) is 0 Å². The minimum absolute atomic E-state index is 0.0674. The number of benzene rings is 2. The van der Waals surface area contributed by atoms with Crippen LogP contribution in [0.5, 0.6) is 0 Å². The second-order valence-corrected chi connectivity index (χ2v) is 11.5. The number of aryl methyl sites for hydroxylation is 2. The predicted octanol–water partition coefficient (Wildman–Crippen LogP) is 7.44. The molecule has 0 spiro atoms. The van der Waals surface area contributed by atoms with E-state index in [0.29, 0.717) is 12.8 Å². The molecular formula is C33H50BO3. The van der Waals surface area contributed by atoms with Crippen LogP contribution in [0.1, 0.15) is 109 Å². The Bertz CT molecular complexity index is 1060. The minimum atomic E-state index is -0.740. The van der Waals surface area contributed by atoms with E-state index in [1.54, 1.807) is 7.11 Å². The van der Waals surface area contributed by atoms with Gasteiger partial charge in [0, 0.05) is 12.5 Å². The van der Waals surface area contributed by atoms with Crippen LogP contribution < -0.4 is 5.46 Å². The fourth-order valence-corrected chi connectivity index (χ4v) is 4.83. The highest BCUT2D eigenvalue weighted by atomic mass is 16.5. The first kappa shape index (κ1) is 31.3. The highest BCUT2D eigenvalue weighted by Gasteiger charge is 2.38. The van der Waals surface area contributed by atoms with Gasteiger partial charge in [0.2, 0.25) is 0 Å². The second kappa shape index (κ2) is 12.3. The molecule has 0 saturated carbocycles. The van der Waals surface area contributed by atoms with Crippen LogP contribution in [0.2, 0.25) is 0 Å². The Morgan fingerprint density at radius 1 is 0.784 bits per heavy atom. The Kier molecular flexibility index (Phi) is 10.4. The summed E-state index contributed by atoms with van der Waals surface area (Å²) in [5, 5.41) is 10.7. The lowest BCUT2D eigenvalue weighted by Gasteiger charge is -2.40. The van der Waals surface area contributed by atoms with Crippen LogP contribution in [0.25, 0.3) is 6.08 Å². The summed E-state index contributed by atoms with van der Waals surface area (Å²) in [7, 11) is 3.60. The van der Waals surface area contributed by atoms with Crippen molar-refractivity contribution in [3.05, 3.63) is 70.3 Å². The van der Waals surface area contributed by atoms with Crippen LogP contribution in [0.4, 0.5) is 0 Å². The Morgan fingerprint density at radius 2 is 1.32 bits per heavy atom. The van der Waals surface area contributed by atoms with Crippen LogP contribution in [-0.4, -0.2) is 36.5 Å². The van der Waals surface area contributed by atoms with Crippen LogP contribution in [0.15, 0.2) is 42.5 Å². The molecule has 0 atom stereocenters. The molecule has 0 saturated heterocycles. The lowest BCUT2D eigenvalue weighted by molar-refractivity contribution is -0.114. The second-order valence-electron chi connectivity index (χ2n) is 11.5. The van der Waals surface area contributed by atoms with Gasteiger partial charge in [-0.15, -0.1) is 0 Å². The molecule has 3 nitrogen and oxygen atoms in total. The van der Waals surface area contributed by atoms with Crippen molar-refractivity contribution in [1.29, 1.82) is 0 Å². The van der Waals surface area contributed by atoms with E-state index in [4.69, 9.17) is 9.39 Å². The fraction of sp³-hybridized carbons (Fsp3) is 0.576. The van der Waals surface area contributed by atoms with Crippen LogP contribution in [0, 0.1) is 13.8 Å². The molecule has 203 valence electrons. The molecular weight excluding hydrogens is 455 g/mol. The normalized spacial score (nSPS) is 13.4. The SMILES string of the molecule is CCC(O)(/C=C/c1ccc(C(CC)(CC)c2ccc([B]OC(C)(C)C(C)(C)OC)c(C)c2)cc1C)CC. The number of hydrogen-bond donors (Lipinski definition) is 1. The van der Waals surface area contributed by atoms with E-state index in [-0.39, 0.29) is 5.41 Å². The summed E-state index contributed by atoms with van der Waals surface area (Å²) in [4.78, 5) is 0. The average Bonchev–Trinajstić information content (AvgIpc) is 2.88. The standard InChI is InChI=1S/C33H50BO3/c1-12-32(35,13-2)21-20-26-16-17-27(22-24(26)5)33(14-3,15-4)28-18-19-29(25(6)23-28)34-37-31(9,10)30(7,8)36-11/h16-23,35H,12-15H2,1-11H3/b21-20+. The van der Waals surface area contributed by atoms with E-state index >= 15 is 0 Å². The minimum Gasteiger partial charge on any atom is -0.427 e. The molecule has 1 N–H and O–H groups in total. The first-order chi connectivity index (χ1) is 17.2. The molecule has 2 aromatic rings. The van der Waals surface area contributed by atoms with Crippen molar-refractivity contribution >= 4 is 19.0 Å². The predicted molar refractivity (Wildman–Crippen MR) is 160 cm³/mol. The maximum atomic E-state index is 10.7. The van der Waals surface area contributed by atoms with E-state index in [1.807, 2.05) is 41.3 Å². The fourth-order valence-electron chi connectivity index (χ4n) is 4.83. The lowest BCUT2D eigenvalue weighted by atomic mass is 9.68. The molecule has 37 heavy (non-hydrogen) atoms. The third-order valence-electron chi connectivity index (χ3n) is 9.09. The highest BCUT2D eigenvalue weighted by Crippen LogP contribution is 2.40. The molecule has 4 heteroatoms. The molecule has 2 rings (SSSR count). The maximum Gasteiger partial charge on any atom is 0.331 e. The third-order valence-corrected chi connectivity index (χ3v) is 9.09. The summed E-state index contributed by atoms with van der Waals surface area (Å²) in [5.41, 5.74) is 5.64. The monoisotopic (exact) mass is 505 g/mol. The maximum absolute atomic E-state index is 10.7. The third kappa shape index (κ3) is 6.77. The molecule has 0 amide bonds. The summed E-state index contributed by atoms with van der Waals surface area (Å²) < 4.78 is 11.9. The molecule has 0 aromatic heterocycles. The van der Waals surface area contributed by atoms with Gasteiger partial charge in [-0.25, -0.2) is 0 Å². The number of hydrogen-bond acceptors (Lipinski definition) is 3. The van der Waals surface area contributed by atoms with Gasteiger partial charge < -0.3 is 14.5 Å². The van der Waals surface area contributed by atoms with Gasteiger partial charge in [0.15, 0.2) is 0 Å². The Balaban J connectivity index is 2.39. The zero-order valence-corrected chi connectivity index (χ0v) is 25.3. The molecule has 1 radical (unpaired) electrons. The van der Waals surface area contributed by atoms with Crippen molar-refractivity contribution < 1.29 is 14.5 Å². The van der Waals surface area contributed by atoms with E-state index in [9.17, 15) is 5.11 Å². The zero-order chi connectivity index (χ0) is 28.1. The Hall–Kier alpha value is -1.88. The summed E-state index contributed by atoms with van der Waals surface area (Å²) in [6.07, 6.45) is 7.48. The summed E-state index contributed by atoms with van der Waals surface area (Å²) >= 11 is 0. The molecule has 0 fully saturated rings. The average molecular weight is 506 g/mol. The molecule has 0 aliphatic rings. The molecule has 0 aliphatic carbocycles. The van der Waals surface area contributed by atoms with Crippen molar-refractivity contribution in [2.45, 2.75) is 117 Å². The molecule has 2 aromatic carbocycles. The van der Waals surface area contributed by atoms with E-state index in [0.717, 1.165) is 23.9 Å². The van der Waals surface area contributed by atoms with Crippen molar-refractivity contribution in [3.8, 4) is 0 Å². The van der Waals surface area contributed by atoms with Crippen LogP contribution >= 0.6 is 0 Å². The van der Waals surface area contributed by atoms with Gasteiger partial charge in [-0.05, 0) is 89.5 Å². The lowest BCUT2D eigenvalue weighted by Crippen LogP contribution is -2.50. The first-order valence-corrected chi connectivity index (χ1v) is 13.9. The van der Waals surface area contributed by atoms with Crippen molar-refractivity contribution in [2.24, 2.45) is 0 Å². The van der Waals surface area contributed by atoms with Gasteiger partial charge in [-0.1, -0.05) is 87.3 Å². The summed E-state index contributed by atoms with van der Waals surface area (Å²) in [6, 6.07) is 13.6. The molecule has 0 heterocycles. The largest absolute Gasteiger partial charge is 0.427 e. The van der Waals surface area contributed by atoms with Crippen molar-refractivity contribution in [1.82, 2.24) is 0 Å². The quantitative estimate of drug-likeness (QED) is 0.288. The van der Waals surface area contributed by atoms with Crippen molar-refractivity contribution in [3.63, 3.8) is 0 Å². The van der Waals surface area contributed by atoms with E-state index in [1.165, 1.54) is 22.3 Å². The highest BCUT2D eigenvalue weighted by molar-refractivity contribution is 6.47. The number of ether oxygens (including phenoxy) is 1.